The minimum Gasteiger partial charge on any atom is -0.334 e. The largest absolute Gasteiger partial charge is 0.334 e. The van der Waals surface area contributed by atoms with Gasteiger partial charge < -0.3 is 9.80 Å². The van der Waals surface area contributed by atoms with E-state index >= 15 is 0 Å². The first kappa shape index (κ1) is 21.5. The Morgan fingerprint density at radius 3 is 2.56 bits per heavy atom. The van der Waals surface area contributed by atoms with Crippen LogP contribution in [-0.4, -0.2) is 41.2 Å². The SMILES string of the molecule is CCCCCCC(=O)N(CCCC)CC(=O)N1CCc2ccccc2C1C. The topological polar surface area (TPSA) is 40.6 Å². The number of fused-ring (bicyclic) bond motifs is 1. The van der Waals surface area contributed by atoms with Crippen molar-refractivity contribution in [3.8, 4) is 0 Å². The molecule has 150 valence electrons. The Bertz CT molecular complexity index is 614. The average molecular weight is 373 g/mol. The van der Waals surface area contributed by atoms with Gasteiger partial charge in [-0.2, -0.15) is 0 Å². The zero-order chi connectivity index (χ0) is 19.6. The molecule has 0 spiro atoms. The van der Waals surface area contributed by atoms with Gasteiger partial charge in [-0.15, -0.1) is 0 Å². The van der Waals surface area contributed by atoms with E-state index in [4.69, 9.17) is 0 Å². The maximum Gasteiger partial charge on any atom is 0.242 e. The van der Waals surface area contributed by atoms with E-state index in [9.17, 15) is 9.59 Å². The summed E-state index contributed by atoms with van der Waals surface area (Å²) in [6, 6.07) is 8.45. The van der Waals surface area contributed by atoms with Gasteiger partial charge in [0.1, 0.15) is 0 Å². The predicted octanol–water partition coefficient (Wildman–Crippen LogP) is 4.73. The molecule has 0 aliphatic carbocycles. The summed E-state index contributed by atoms with van der Waals surface area (Å²) in [7, 11) is 0. The molecule has 2 rings (SSSR count). The zero-order valence-electron chi connectivity index (χ0n) is 17.4. The molecule has 1 aliphatic rings. The lowest BCUT2D eigenvalue weighted by Gasteiger charge is -2.36. The van der Waals surface area contributed by atoms with Crippen LogP contribution >= 0.6 is 0 Å². The molecular formula is C23H36N2O2. The fourth-order valence-electron chi connectivity index (χ4n) is 3.87. The molecule has 1 atom stereocenters. The molecule has 0 saturated heterocycles. The highest BCUT2D eigenvalue weighted by Crippen LogP contribution is 2.29. The molecule has 2 amide bonds. The number of carbonyl (C=O) groups excluding carboxylic acids is 2. The highest BCUT2D eigenvalue weighted by Gasteiger charge is 2.29. The van der Waals surface area contributed by atoms with E-state index in [0.717, 1.165) is 38.6 Å². The highest BCUT2D eigenvalue weighted by atomic mass is 16.2. The number of benzene rings is 1. The molecular weight excluding hydrogens is 336 g/mol. The van der Waals surface area contributed by atoms with Crippen LogP contribution in [0, 0.1) is 0 Å². The molecule has 1 unspecified atom stereocenters. The molecule has 0 aromatic heterocycles. The standard InChI is InChI=1S/C23H36N2O2/c1-4-6-8-9-14-22(26)24(16-7-5-2)18-23(27)25-17-15-20-12-10-11-13-21(20)19(25)3/h10-13,19H,4-9,14-18H2,1-3H3. The molecule has 4 nitrogen and oxygen atoms in total. The van der Waals surface area contributed by atoms with Gasteiger partial charge >= 0.3 is 0 Å². The van der Waals surface area contributed by atoms with Gasteiger partial charge in [0.15, 0.2) is 0 Å². The van der Waals surface area contributed by atoms with Crippen LogP contribution in [0.4, 0.5) is 0 Å². The molecule has 0 N–H and O–H groups in total. The van der Waals surface area contributed by atoms with Crippen molar-refractivity contribution in [2.75, 3.05) is 19.6 Å². The van der Waals surface area contributed by atoms with E-state index in [-0.39, 0.29) is 24.4 Å². The summed E-state index contributed by atoms with van der Waals surface area (Å²) < 4.78 is 0. The van der Waals surface area contributed by atoms with Crippen LogP contribution in [0.5, 0.6) is 0 Å². The van der Waals surface area contributed by atoms with Crippen molar-refractivity contribution < 1.29 is 9.59 Å². The van der Waals surface area contributed by atoms with E-state index in [1.54, 1.807) is 4.90 Å². The van der Waals surface area contributed by atoms with Crippen LogP contribution in [0.1, 0.15) is 82.9 Å². The number of hydrogen-bond donors (Lipinski definition) is 0. The smallest absolute Gasteiger partial charge is 0.242 e. The summed E-state index contributed by atoms with van der Waals surface area (Å²) in [4.78, 5) is 29.4. The molecule has 1 heterocycles. The summed E-state index contributed by atoms with van der Waals surface area (Å²) in [6.45, 7) is 8.04. The Kier molecular flexibility index (Phi) is 8.83. The van der Waals surface area contributed by atoms with Crippen molar-refractivity contribution in [3.05, 3.63) is 35.4 Å². The molecule has 27 heavy (non-hydrogen) atoms. The molecule has 1 aliphatic heterocycles. The molecule has 1 aromatic carbocycles. The minimum absolute atomic E-state index is 0.0787. The Morgan fingerprint density at radius 1 is 1.07 bits per heavy atom. The first-order chi connectivity index (χ1) is 13.1. The van der Waals surface area contributed by atoms with Gasteiger partial charge in [0.25, 0.3) is 0 Å². The second-order valence-corrected chi connectivity index (χ2v) is 7.69. The number of rotatable bonds is 10. The van der Waals surface area contributed by atoms with E-state index in [0.29, 0.717) is 13.0 Å². The third-order valence-corrected chi connectivity index (χ3v) is 5.62. The molecule has 0 bridgehead atoms. The summed E-state index contributed by atoms with van der Waals surface area (Å²) >= 11 is 0. The highest BCUT2D eigenvalue weighted by molar-refractivity contribution is 5.85. The van der Waals surface area contributed by atoms with Gasteiger partial charge in [-0.05, 0) is 37.3 Å². The van der Waals surface area contributed by atoms with Crippen molar-refractivity contribution in [1.29, 1.82) is 0 Å². The third-order valence-electron chi connectivity index (χ3n) is 5.62. The second kappa shape index (κ2) is 11.1. The Balaban J connectivity index is 1.97. The van der Waals surface area contributed by atoms with Crippen LogP contribution in [0.3, 0.4) is 0 Å². The van der Waals surface area contributed by atoms with Crippen LogP contribution in [-0.2, 0) is 16.0 Å². The third kappa shape index (κ3) is 6.08. The quantitative estimate of drug-likeness (QED) is 0.557. The number of hydrogen-bond acceptors (Lipinski definition) is 2. The van der Waals surface area contributed by atoms with Gasteiger partial charge in [-0.25, -0.2) is 0 Å². The average Bonchev–Trinajstić information content (AvgIpc) is 2.68. The van der Waals surface area contributed by atoms with Gasteiger partial charge in [0.2, 0.25) is 11.8 Å². The maximum absolute atomic E-state index is 13.0. The lowest BCUT2D eigenvalue weighted by Crippen LogP contribution is -2.46. The normalized spacial score (nSPS) is 16.1. The molecule has 0 fully saturated rings. The van der Waals surface area contributed by atoms with Gasteiger partial charge in [0, 0.05) is 19.5 Å². The molecule has 1 aromatic rings. The summed E-state index contributed by atoms with van der Waals surface area (Å²) in [6.07, 6.45) is 7.80. The number of amides is 2. The summed E-state index contributed by atoms with van der Waals surface area (Å²) in [5.74, 6) is 0.216. The lowest BCUT2D eigenvalue weighted by molar-refractivity contribution is -0.142. The Labute approximate surface area is 164 Å². The van der Waals surface area contributed by atoms with Gasteiger partial charge in [-0.1, -0.05) is 63.8 Å². The second-order valence-electron chi connectivity index (χ2n) is 7.69. The first-order valence-corrected chi connectivity index (χ1v) is 10.7. The van der Waals surface area contributed by atoms with Crippen molar-refractivity contribution >= 4 is 11.8 Å². The van der Waals surface area contributed by atoms with Crippen LogP contribution in [0.2, 0.25) is 0 Å². The Morgan fingerprint density at radius 2 is 1.81 bits per heavy atom. The van der Waals surface area contributed by atoms with E-state index in [1.807, 2.05) is 11.0 Å². The number of nitrogens with zero attached hydrogens (tertiary/aromatic N) is 2. The number of unbranched alkanes of at least 4 members (excludes halogenated alkanes) is 4. The van der Waals surface area contributed by atoms with E-state index in [2.05, 4.69) is 39.0 Å². The lowest BCUT2D eigenvalue weighted by atomic mass is 9.93. The fraction of sp³-hybridized carbons (Fsp3) is 0.652. The Hall–Kier alpha value is -1.84. The molecule has 4 heteroatoms. The van der Waals surface area contributed by atoms with Crippen molar-refractivity contribution in [2.24, 2.45) is 0 Å². The summed E-state index contributed by atoms with van der Waals surface area (Å²) in [5.41, 5.74) is 2.58. The van der Waals surface area contributed by atoms with Crippen LogP contribution in [0.25, 0.3) is 0 Å². The van der Waals surface area contributed by atoms with Crippen molar-refractivity contribution in [2.45, 2.75) is 78.2 Å². The zero-order valence-corrected chi connectivity index (χ0v) is 17.4. The first-order valence-electron chi connectivity index (χ1n) is 10.7. The maximum atomic E-state index is 13.0. The van der Waals surface area contributed by atoms with Crippen molar-refractivity contribution in [3.63, 3.8) is 0 Å². The molecule has 0 saturated carbocycles. The monoisotopic (exact) mass is 372 g/mol. The summed E-state index contributed by atoms with van der Waals surface area (Å²) in [5, 5.41) is 0. The van der Waals surface area contributed by atoms with E-state index < -0.39 is 0 Å². The minimum atomic E-state index is 0.0787. The predicted molar refractivity (Wildman–Crippen MR) is 111 cm³/mol. The van der Waals surface area contributed by atoms with Gasteiger partial charge in [-0.3, -0.25) is 9.59 Å². The van der Waals surface area contributed by atoms with Crippen molar-refractivity contribution in [1.82, 2.24) is 9.80 Å². The van der Waals surface area contributed by atoms with Gasteiger partial charge in [0.05, 0.1) is 12.6 Å². The van der Waals surface area contributed by atoms with Crippen LogP contribution in [0.15, 0.2) is 24.3 Å². The van der Waals surface area contributed by atoms with Crippen LogP contribution < -0.4 is 0 Å². The number of carbonyl (C=O) groups is 2. The fourth-order valence-corrected chi connectivity index (χ4v) is 3.87. The molecule has 0 radical (unpaired) electrons. The van der Waals surface area contributed by atoms with E-state index in [1.165, 1.54) is 24.0 Å².